The molecule has 0 aliphatic heterocycles. The molecular formula is C28H48Si2Sn. The maximum absolute atomic E-state index is 2.63. The van der Waals surface area contributed by atoms with Gasteiger partial charge in [-0.2, -0.15) is 0 Å². The molecule has 0 unspecified atom stereocenters. The van der Waals surface area contributed by atoms with E-state index in [0.29, 0.717) is 0 Å². The number of rotatable bonds is 10. The van der Waals surface area contributed by atoms with Gasteiger partial charge in [0.1, 0.15) is 0 Å². The van der Waals surface area contributed by atoms with Gasteiger partial charge < -0.3 is 0 Å². The Balaban J connectivity index is 2.57. The molecular weight excluding hydrogens is 511 g/mol. The predicted molar refractivity (Wildman–Crippen MR) is 151 cm³/mol. The van der Waals surface area contributed by atoms with Gasteiger partial charge in [-0.3, -0.25) is 0 Å². The molecule has 0 aromatic heterocycles. The van der Waals surface area contributed by atoms with Gasteiger partial charge in [-0.15, -0.1) is 0 Å². The second kappa shape index (κ2) is 9.89. The van der Waals surface area contributed by atoms with Crippen LogP contribution in [0.25, 0.3) is 0 Å². The van der Waals surface area contributed by atoms with Gasteiger partial charge in [0.15, 0.2) is 0 Å². The molecule has 0 saturated heterocycles. The Kier molecular flexibility index (Phi) is 8.59. The van der Waals surface area contributed by atoms with Crippen LogP contribution >= 0.6 is 0 Å². The van der Waals surface area contributed by atoms with Crippen LogP contribution in [0.4, 0.5) is 0 Å². The van der Waals surface area contributed by atoms with Gasteiger partial charge >= 0.3 is 201 Å². The Labute approximate surface area is 200 Å². The quantitative estimate of drug-likeness (QED) is 0.255. The fraction of sp³-hybridized carbons (Fsp3) is 0.571. The molecule has 0 spiro atoms. The van der Waals surface area contributed by atoms with Crippen LogP contribution in [-0.2, 0) is 10.8 Å². The normalized spacial score (nSPS) is 14.0. The summed E-state index contributed by atoms with van der Waals surface area (Å²) in [5.41, 5.74) is 3.62. The van der Waals surface area contributed by atoms with E-state index in [0.717, 1.165) is 0 Å². The zero-order valence-electron chi connectivity index (χ0n) is 22.1. The molecule has 0 nitrogen and oxygen atoms in total. The summed E-state index contributed by atoms with van der Waals surface area (Å²) in [5, 5.41) is 0. The van der Waals surface area contributed by atoms with Crippen molar-refractivity contribution in [3.63, 3.8) is 0 Å². The van der Waals surface area contributed by atoms with E-state index in [1.165, 1.54) is 8.87 Å². The summed E-state index contributed by atoms with van der Waals surface area (Å²) < 4.78 is 6.21. The van der Waals surface area contributed by atoms with Gasteiger partial charge in [-0.25, -0.2) is 0 Å². The Morgan fingerprint density at radius 2 is 0.839 bits per heavy atom. The van der Waals surface area contributed by atoms with Crippen LogP contribution in [0.15, 0.2) is 60.7 Å². The van der Waals surface area contributed by atoms with Crippen molar-refractivity contribution in [2.45, 2.75) is 94.8 Å². The molecule has 0 atom stereocenters. The van der Waals surface area contributed by atoms with Gasteiger partial charge in [-0.05, 0) is 0 Å². The molecule has 172 valence electrons. The van der Waals surface area contributed by atoms with Crippen molar-refractivity contribution in [1.29, 1.82) is 0 Å². The van der Waals surface area contributed by atoms with Crippen molar-refractivity contribution >= 4 is 34.5 Å². The number of benzene rings is 2. The Morgan fingerprint density at radius 1 is 0.548 bits per heavy atom. The molecule has 31 heavy (non-hydrogen) atoms. The summed E-state index contributed by atoms with van der Waals surface area (Å²) in [4.78, 5) is 0. The van der Waals surface area contributed by atoms with Crippen LogP contribution in [0.5, 0.6) is 0 Å². The standard InChI is InChI=1S/2C10H13.2C4H11Si.Sn/c2*1-10(2,3)9-7-5-4-6-8-9;2*1-5(2,3)4;/h2*4-8H,1H2,2-3H3;2*1H2,2-4H3;. The third-order valence-corrected chi connectivity index (χ3v) is 50.5. The number of hydrogen-bond donors (Lipinski definition) is 0. The molecule has 2 aromatic rings. The van der Waals surface area contributed by atoms with Crippen LogP contribution in [0.3, 0.4) is 0 Å². The van der Waals surface area contributed by atoms with Gasteiger partial charge in [0.05, 0.1) is 0 Å². The van der Waals surface area contributed by atoms with Crippen molar-refractivity contribution in [2.24, 2.45) is 0 Å². The fourth-order valence-electron chi connectivity index (χ4n) is 6.48. The van der Waals surface area contributed by atoms with E-state index < -0.39 is 34.5 Å². The van der Waals surface area contributed by atoms with Gasteiger partial charge in [0, 0.05) is 0 Å². The first kappa shape index (κ1) is 26.9. The zero-order valence-corrected chi connectivity index (χ0v) is 27.0. The summed E-state index contributed by atoms with van der Waals surface area (Å²) >= 11 is -2.58. The second-order valence-electron chi connectivity index (χ2n) is 13.8. The predicted octanol–water partition coefficient (Wildman–Crippen LogP) is 9.15. The summed E-state index contributed by atoms with van der Waals surface area (Å²) in [6.07, 6.45) is 0. The van der Waals surface area contributed by atoms with Crippen LogP contribution in [0, 0.1) is 0 Å². The molecule has 0 radical (unpaired) electrons. The van der Waals surface area contributed by atoms with Crippen molar-refractivity contribution in [3.8, 4) is 0 Å². The van der Waals surface area contributed by atoms with E-state index in [2.05, 4.69) is 128 Å². The van der Waals surface area contributed by atoms with E-state index in [-0.39, 0.29) is 10.8 Å². The molecule has 0 N–H and O–H groups in total. The average Bonchev–Trinajstić information content (AvgIpc) is 2.59. The fourth-order valence-corrected chi connectivity index (χ4v) is 70.2. The topological polar surface area (TPSA) is 0 Å². The Morgan fingerprint density at radius 3 is 1.10 bits per heavy atom. The van der Waals surface area contributed by atoms with Crippen LogP contribution in [0.2, 0.25) is 56.3 Å². The molecule has 0 aliphatic rings. The van der Waals surface area contributed by atoms with Crippen LogP contribution < -0.4 is 0 Å². The average molecular weight is 560 g/mol. The van der Waals surface area contributed by atoms with E-state index >= 15 is 0 Å². The van der Waals surface area contributed by atoms with Crippen molar-refractivity contribution in [1.82, 2.24) is 0 Å². The van der Waals surface area contributed by atoms with Crippen LogP contribution in [0.1, 0.15) is 38.8 Å². The molecule has 0 saturated carbocycles. The molecule has 2 aromatic carbocycles. The monoisotopic (exact) mass is 560 g/mol. The summed E-state index contributed by atoms with van der Waals surface area (Å²) in [6, 6.07) is 22.8. The first-order chi connectivity index (χ1) is 14.0. The van der Waals surface area contributed by atoms with Crippen LogP contribution in [-0.4, -0.2) is 34.5 Å². The molecule has 0 fully saturated rings. The first-order valence-electron chi connectivity index (χ1n) is 12.1. The SMILES string of the molecule is CC(C)([CH2][Sn]([CH2]C(C)(C)c1ccccc1)([CH2][Si](C)(C)C)[CH2][Si](C)(C)C)c1ccccc1. The molecule has 3 heteroatoms. The molecule has 0 aliphatic carbocycles. The minimum absolute atomic E-state index is 0.267. The minimum atomic E-state index is -2.58. The molecule has 0 heterocycles. The maximum atomic E-state index is 2.63. The van der Waals surface area contributed by atoms with E-state index in [9.17, 15) is 0 Å². The van der Waals surface area contributed by atoms with E-state index in [1.807, 2.05) is 0 Å². The zero-order chi connectivity index (χ0) is 23.6. The Bertz CT molecular complexity index is 740. The first-order valence-corrected chi connectivity index (χ1v) is 27.6. The summed E-state index contributed by atoms with van der Waals surface area (Å²) in [7, 11) is -2.36. The van der Waals surface area contributed by atoms with E-state index in [1.54, 1.807) is 19.2 Å². The molecule has 0 bridgehead atoms. The van der Waals surface area contributed by atoms with E-state index in [4.69, 9.17) is 0 Å². The third-order valence-electron chi connectivity index (χ3n) is 6.56. The van der Waals surface area contributed by atoms with Gasteiger partial charge in [0.25, 0.3) is 0 Å². The molecule has 2 rings (SSSR count). The van der Waals surface area contributed by atoms with Gasteiger partial charge in [-0.1, -0.05) is 0 Å². The summed E-state index contributed by atoms with van der Waals surface area (Å²) in [5.74, 6) is 0. The summed E-state index contributed by atoms with van der Waals surface area (Å²) in [6.45, 7) is 26.0. The van der Waals surface area contributed by atoms with Crippen molar-refractivity contribution in [2.75, 3.05) is 0 Å². The second-order valence-corrected chi connectivity index (χ2v) is 41.4. The Hall–Kier alpha value is -0.328. The third kappa shape index (κ3) is 8.51. The van der Waals surface area contributed by atoms with Crippen molar-refractivity contribution < 1.29 is 0 Å². The number of hydrogen-bond acceptors (Lipinski definition) is 0. The molecule has 0 amide bonds. The van der Waals surface area contributed by atoms with Crippen molar-refractivity contribution in [3.05, 3.63) is 71.8 Å². The van der Waals surface area contributed by atoms with Gasteiger partial charge in [0.2, 0.25) is 0 Å².